The van der Waals surface area contributed by atoms with Crippen molar-refractivity contribution in [3.05, 3.63) is 23.8 Å². The summed E-state index contributed by atoms with van der Waals surface area (Å²) in [5, 5.41) is 3.49. The van der Waals surface area contributed by atoms with E-state index in [1.165, 1.54) is 25.7 Å². The molecule has 1 saturated carbocycles. The van der Waals surface area contributed by atoms with Crippen LogP contribution in [0.4, 0.5) is 0 Å². The summed E-state index contributed by atoms with van der Waals surface area (Å²) in [4.78, 5) is 0. The Morgan fingerprint density at radius 2 is 1.95 bits per heavy atom. The van der Waals surface area contributed by atoms with Gasteiger partial charge in [-0.1, -0.05) is 18.9 Å². The van der Waals surface area contributed by atoms with Crippen LogP contribution in [0.25, 0.3) is 0 Å². The molecule has 1 atom stereocenters. The molecule has 0 bridgehead atoms. The van der Waals surface area contributed by atoms with Crippen molar-refractivity contribution < 1.29 is 14.2 Å². The van der Waals surface area contributed by atoms with Crippen molar-refractivity contribution in [2.75, 3.05) is 27.4 Å². The average Bonchev–Trinajstić information content (AvgIpc) is 3.04. The van der Waals surface area contributed by atoms with E-state index in [4.69, 9.17) is 14.2 Å². The van der Waals surface area contributed by atoms with Crippen molar-refractivity contribution in [3.63, 3.8) is 0 Å². The van der Waals surface area contributed by atoms with Gasteiger partial charge >= 0.3 is 0 Å². The monoisotopic (exact) mass is 293 g/mol. The first kappa shape index (κ1) is 16.1. The Kier molecular flexibility index (Phi) is 6.33. The van der Waals surface area contributed by atoms with Gasteiger partial charge in [0.1, 0.15) is 11.5 Å². The molecule has 0 aliphatic heterocycles. The van der Waals surface area contributed by atoms with Crippen molar-refractivity contribution in [1.82, 2.24) is 5.32 Å². The maximum Gasteiger partial charge on any atom is 0.127 e. The van der Waals surface area contributed by atoms with E-state index in [1.807, 2.05) is 18.2 Å². The second-order valence-corrected chi connectivity index (χ2v) is 5.56. The molecule has 0 heterocycles. The quantitative estimate of drug-likeness (QED) is 0.746. The molecule has 1 aromatic carbocycles. The van der Waals surface area contributed by atoms with E-state index in [0.717, 1.165) is 30.2 Å². The fourth-order valence-corrected chi connectivity index (χ4v) is 2.84. The summed E-state index contributed by atoms with van der Waals surface area (Å²) in [7, 11) is 3.35. The predicted molar refractivity (Wildman–Crippen MR) is 84.2 cm³/mol. The summed E-state index contributed by atoms with van der Waals surface area (Å²) < 4.78 is 16.5. The van der Waals surface area contributed by atoms with Crippen LogP contribution in [-0.4, -0.2) is 33.5 Å². The lowest BCUT2D eigenvalue weighted by molar-refractivity contribution is 0.0593. The second-order valence-electron chi connectivity index (χ2n) is 5.56. The lowest BCUT2D eigenvalue weighted by atomic mass is 10.1. The molecule has 0 radical (unpaired) electrons. The molecule has 0 aromatic heterocycles. The zero-order valence-corrected chi connectivity index (χ0v) is 13.4. The fraction of sp³-hybridized carbons (Fsp3) is 0.647. The molecule has 1 N–H and O–H groups in total. The molecule has 2 rings (SSSR count). The van der Waals surface area contributed by atoms with Gasteiger partial charge in [0.05, 0.1) is 26.9 Å². The van der Waals surface area contributed by atoms with Crippen LogP contribution in [0.5, 0.6) is 11.5 Å². The van der Waals surface area contributed by atoms with Gasteiger partial charge < -0.3 is 19.5 Å². The third-order valence-corrected chi connectivity index (χ3v) is 4.12. The van der Waals surface area contributed by atoms with Gasteiger partial charge in [0.25, 0.3) is 0 Å². The van der Waals surface area contributed by atoms with E-state index < -0.39 is 0 Å². The van der Waals surface area contributed by atoms with Crippen LogP contribution < -0.4 is 14.8 Å². The second kappa shape index (κ2) is 8.25. The first-order valence-electron chi connectivity index (χ1n) is 7.81. The third kappa shape index (κ3) is 4.61. The van der Waals surface area contributed by atoms with Crippen LogP contribution in [0.15, 0.2) is 18.2 Å². The average molecular weight is 293 g/mol. The summed E-state index contributed by atoms with van der Waals surface area (Å²) in [6.45, 7) is 3.76. The summed E-state index contributed by atoms with van der Waals surface area (Å²) in [5.41, 5.74) is 1.14. The Morgan fingerprint density at radius 3 is 2.62 bits per heavy atom. The highest BCUT2D eigenvalue weighted by molar-refractivity contribution is 5.42. The van der Waals surface area contributed by atoms with Crippen LogP contribution in [0.2, 0.25) is 0 Å². The Bertz CT molecular complexity index is 430. The Morgan fingerprint density at radius 1 is 1.19 bits per heavy atom. The van der Waals surface area contributed by atoms with E-state index in [0.29, 0.717) is 6.10 Å². The molecule has 4 nitrogen and oxygen atoms in total. The third-order valence-electron chi connectivity index (χ3n) is 4.12. The molecule has 1 fully saturated rings. The highest BCUT2D eigenvalue weighted by Crippen LogP contribution is 2.29. The predicted octanol–water partition coefficient (Wildman–Crippen LogP) is 3.31. The zero-order valence-electron chi connectivity index (χ0n) is 13.4. The zero-order chi connectivity index (χ0) is 15.1. The molecule has 1 aromatic rings. The Labute approximate surface area is 127 Å². The molecule has 1 aliphatic carbocycles. The van der Waals surface area contributed by atoms with Crippen molar-refractivity contribution in [2.24, 2.45) is 0 Å². The molecule has 1 unspecified atom stereocenters. The van der Waals surface area contributed by atoms with E-state index in [-0.39, 0.29) is 6.04 Å². The largest absolute Gasteiger partial charge is 0.497 e. The molecule has 0 spiro atoms. The summed E-state index contributed by atoms with van der Waals surface area (Å²) in [6, 6.07) is 6.15. The van der Waals surface area contributed by atoms with Crippen LogP contribution in [-0.2, 0) is 4.74 Å². The maximum atomic E-state index is 5.87. The van der Waals surface area contributed by atoms with Gasteiger partial charge in [0, 0.05) is 24.2 Å². The normalized spacial score (nSPS) is 16.9. The van der Waals surface area contributed by atoms with Gasteiger partial charge in [0.15, 0.2) is 0 Å². The fourth-order valence-electron chi connectivity index (χ4n) is 2.84. The molecule has 21 heavy (non-hydrogen) atoms. The molecule has 0 saturated heterocycles. The number of nitrogens with one attached hydrogen (secondary N) is 1. The van der Waals surface area contributed by atoms with Gasteiger partial charge in [-0.2, -0.15) is 0 Å². The van der Waals surface area contributed by atoms with Crippen molar-refractivity contribution >= 4 is 0 Å². The number of hydrogen-bond acceptors (Lipinski definition) is 4. The van der Waals surface area contributed by atoms with Crippen LogP contribution >= 0.6 is 0 Å². The lowest BCUT2D eigenvalue weighted by Gasteiger charge is -2.19. The minimum absolute atomic E-state index is 0.220. The summed E-state index contributed by atoms with van der Waals surface area (Å²) in [6.07, 6.45) is 5.57. The molecule has 118 valence electrons. The van der Waals surface area contributed by atoms with Gasteiger partial charge in [-0.15, -0.1) is 0 Å². The number of ether oxygens (including phenoxy) is 3. The SMILES string of the molecule is COc1ccc(C(C)NCCOC2CCCC2)c(OC)c1. The first-order valence-corrected chi connectivity index (χ1v) is 7.81. The summed E-state index contributed by atoms with van der Waals surface area (Å²) >= 11 is 0. The molecule has 4 heteroatoms. The number of rotatable bonds is 8. The highest BCUT2D eigenvalue weighted by Gasteiger charge is 2.15. The van der Waals surface area contributed by atoms with Gasteiger partial charge in [-0.25, -0.2) is 0 Å². The standard InChI is InChI=1S/C17H27NO3/c1-13(18-10-11-21-14-6-4-5-7-14)16-9-8-15(19-2)12-17(16)20-3/h8-9,12-14,18H,4-7,10-11H2,1-3H3. The number of benzene rings is 1. The molecule has 0 amide bonds. The van der Waals surface area contributed by atoms with E-state index in [9.17, 15) is 0 Å². The van der Waals surface area contributed by atoms with Gasteiger partial charge in [0.2, 0.25) is 0 Å². The van der Waals surface area contributed by atoms with E-state index in [1.54, 1.807) is 14.2 Å². The van der Waals surface area contributed by atoms with E-state index in [2.05, 4.69) is 12.2 Å². The molecular formula is C17H27NO3. The van der Waals surface area contributed by atoms with Crippen LogP contribution in [0, 0.1) is 0 Å². The maximum absolute atomic E-state index is 5.87. The summed E-state index contributed by atoms with van der Waals surface area (Å²) in [5.74, 6) is 1.67. The first-order chi connectivity index (χ1) is 10.2. The lowest BCUT2D eigenvalue weighted by Crippen LogP contribution is -2.25. The Balaban J connectivity index is 1.80. The highest BCUT2D eigenvalue weighted by atomic mass is 16.5. The van der Waals surface area contributed by atoms with Gasteiger partial charge in [-0.3, -0.25) is 0 Å². The van der Waals surface area contributed by atoms with E-state index >= 15 is 0 Å². The smallest absolute Gasteiger partial charge is 0.127 e. The van der Waals surface area contributed by atoms with Crippen molar-refractivity contribution in [3.8, 4) is 11.5 Å². The van der Waals surface area contributed by atoms with Crippen LogP contribution in [0.3, 0.4) is 0 Å². The molecule has 1 aliphatic rings. The van der Waals surface area contributed by atoms with Crippen LogP contribution in [0.1, 0.15) is 44.2 Å². The van der Waals surface area contributed by atoms with Crippen molar-refractivity contribution in [2.45, 2.75) is 44.8 Å². The van der Waals surface area contributed by atoms with Gasteiger partial charge in [-0.05, 0) is 25.8 Å². The minimum Gasteiger partial charge on any atom is -0.497 e. The Hall–Kier alpha value is -1.26. The topological polar surface area (TPSA) is 39.7 Å². The number of hydrogen-bond donors (Lipinski definition) is 1. The number of methoxy groups -OCH3 is 2. The van der Waals surface area contributed by atoms with Crippen molar-refractivity contribution in [1.29, 1.82) is 0 Å². The minimum atomic E-state index is 0.220. The molecular weight excluding hydrogens is 266 g/mol.